The summed E-state index contributed by atoms with van der Waals surface area (Å²) in [4.78, 5) is 7.35. The Balaban J connectivity index is 1.81. The summed E-state index contributed by atoms with van der Waals surface area (Å²) in [6, 6.07) is 3.46. The molecule has 3 aliphatic rings. The molecule has 1 aromatic heterocycles. The highest BCUT2D eigenvalue weighted by Crippen LogP contribution is 2.36. The van der Waals surface area contributed by atoms with Gasteiger partial charge in [0.1, 0.15) is 5.82 Å². The monoisotopic (exact) mass is 231 g/mol. The van der Waals surface area contributed by atoms with Crippen molar-refractivity contribution in [3.05, 3.63) is 22.9 Å². The molecule has 1 N–H and O–H groups in total. The average Bonchev–Trinajstić information content (AvgIpc) is 2.88. The predicted molar refractivity (Wildman–Crippen MR) is 65.0 cm³/mol. The molecule has 17 heavy (non-hydrogen) atoms. The van der Waals surface area contributed by atoms with Crippen LogP contribution in [0.25, 0.3) is 0 Å². The van der Waals surface area contributed by atoms with E-state index in [4.69, 9.17) is 9.72 Å². The van der Waals surface area contributed by atoms with Crippen LogP contribution in [0.2, 0.25) is 0 Å². The lowest BCUT2D eigenvalue weighted by molar-refractivity contribution is 0.133. The zero-order valence-corrected chi connectivity index (χ0v) is 10.1. The van der Waals surface area contributed by atoms with Gasteiger partial charge in [-0.05, 0) is 25.0 Å². The third-order valence-electron chi connectivity index (χ3n) is 4.13. The van der Waals surface area contributed by atoms with Crippen LogP contribution < -0.4 is 10.2 Å². The molecule has 0 spiro atoms. The maximum Gasteiger partial charge on any atom is 0.132 e. The Labute approximate surface area is 101 Å². The first-order chi connectivity index (χ1) is 8.33. The number of fused-ring (bicyclic) bond motifs is 4. The Kier molecular flexibility index (Phi) is 1.99. The van der Waals surface area contributed by atoms with Crippen molar-refractivity contribution in [1.29, 1.82) is 0 Å². The van der Waals surface area contributed by atoms with Crippen LogP contribution >= 0.6 is 0 Å². The van der Waals surface area contributed by atoms with E-state index >= 15 is 0 Å². The predicted octanol–water partition coefficient (Wildman–Crippen LogP) is 0.835. The van der Waals surface area contributed by atoms with Gasteiger partial charge in [0.2, 0.25) is 0 Å². The van der Waals surface area contributed by atoms with Crippen molar-refractivity contribution in [2.45, 2.75) is 38.6 Å². The first-order valence-electron chi connectivity index (χ1n) is 6.41. The van der Waals surface area contributed by atoms with Crippen molar-refractivity contribution >= 4 is 5.82 Å². The van der Waals surface area contributed by atoms with Crippen molar-refractivity contribution < 1.29 is 4.74 Å². The molecule has 0 amide bonds. The van der Waals surface area contributed by atoms with Gasteiger partial charge in [0.05, 0.1) is 18.9 Å². The molecule has 1 saturated heterocycles. The summed E-state index contributed by atoms with van der Waals surface area (Å²) in [5.74, 6) is 1.22. The fraction of sp³-hybridized carbons (Fsp3) is 0.615. The lowest BCUT2D eigenvalue weighted by Gasteiger charge is -2.37. The van der Waals surface area contributed by atoms with Crippen LogP contribution in [0, 0.1) is 0 Å². The molecule has 4 heteroatoms. The number of ether oxygens (including phenoxy) is 1. The minimum atomic E-state index is 0.544. The Morgan fingerprint density at radius 2 is 2.29 bits per heavy atom. The molecule has 0 bridgehead atoms. The molecule has 4 heterocycles. The highest BCUT2D eigenvalue weighted by atomic mass is 16.5. The Morgan fingerprint density at radius 1 is 1.35 bits per heavy atom. The second kappa shape index (κ2) is 3.43. The summed E-state index contributed by atoms with van der Waals surface area (Å²) >= 11 is 0. The largest absolute Gasteiger partial charge is 0.370 e. The second-order valence-electron chi connectivity index (χ2n) is 5.34. The molecular formula is C13H17N3O. The van der Waals surface area contributed by atoms with Crippen molar-refractivity contribution in [1.82, 2.24) is 10.3 Å². The third-order valence-corrected chi connectivity index (χ3v) is 4.13. The maximum atomic E-state index is 5.46. The number of hydrogen-bond donors (Lipinski definition) is 1. The topological polar surface area (TPSA) is 37.4 Å². The Morgan fingerprint density at radius 3 is 3.24 bits per heavy atom. The number of nitrogens with zero attached hydrogens (tertiary/aromatic N) is 2. The minimum Gasteiger partial charge on any atom is -0.370 e. The standard InChI is InChI=1S/C13H17N3O/c1-8-4-14-5-11-3-9-2-10-6-17-7-12(10)15-13(9)16(8)11/h2,8,11,14H,3-7H2,1H3/t8-,11+/m0/s1. The van der Waals surface area contributed by atoms with E-state index in [0.717, 1.165) is 31.8 Å². The first-order valence-corrected chi connectivity index (χ1v) is 6.41. The van der Waals surface area contributed by atoms with Crippen molar-refractivity contribution in [2.24, 2.45) is 0 Å². The molecular weight excluding hydrogens is 214 g/mol. The normalized spacial score (nSPS) is 30.1. The molecule has 3 aliphatic heterocycles. The van der Waals surface area contributed by atoms with Gasteiger partial charge < -0.3 is 15.0 Å². The Bertz CT molecular complexity index is 474. The van der Waals surface area contributed by atoms with Crippen molar-refractivity contribution in [2.75, 3.05) is 18.0 Å². The average molecular weight is 231 g/mol. The fourth-order valence-corrected chi connectivity index (χ4v) is 3.33. The van der Waals surface area contributed by atoms with Crippen molar-refractivity contribution in [3.63, 3.8) is 0 Å². The van der Waals surface area contributed by atoms with Gasteiger partial charge in [0, 0.05) is 30.7 Å². The van der Waals surface area contributed by atoms with Gasteiger partial charge in [-0.3, -0.25) is 0 Å². The van der Waals surface area contributed by atoms with Crippen LogP contribution in [-0.4, -0.2) is 30.2 Å². The lowest BCUT2D eigenvalue weighted by atomic mass is 10.1. The van der Waals surface area contributed by atoms with Crippen LogP contribution in [0.15, 0.2) is 6.07 Å². The first kappa shape index (κ1) is 9.85. The summed E-state index contributed by atoms with van der Waals surface area (Å²) < 4.78 is 5.46. The quantitative estimate of drug-likeness (QED) is 0.718. The van der Waals surface area contributed by atoms with E-state index in [1.165, 1.54) is 16.9 Å². The zero-order valence-electron chi connectivity index (χ0n) is 10.1. The van der Waals surface area contributed by atoms with Gasteiger partial charge in [-0.1, -0.05) is 0 Å². The van der Waals surface area contributed by atoms with Crippen LogP contribution in [0.4, 0.5) is 5.82 Å². The molecule has 0 saturated carbocycles. The number of anilines is 1. The van der Waals surface area contributed by atoms with Gasteiger partial charge in [0.15, 0.2) is 0 Å². The van der Waals surface area contributed by atoms with Crippen LogP contribution in [0.1, 0.15) is 23.7 Å². The molecule has 1 fully saturated rings. The number of piperazine rings is 1. The smallest absolute Gasteiger partial charge is 0.132 e. The molecule has 0 radical (unpaired) electrons. The summed E-state index contributed by atoms with van der Waals surface area (Å²) in [5, 5.41) is 3.50. The molecule has 1 aromatic rings. The number of pyridine rings is 1. The number of nitrogens with one attached hydrogen (secondary N) is 1. The summed E-state index contributed by atoms with van der Waals surface area (Å²) in [5.41, 5.74) is 3.86. The molecule has 90 valence electrons. The number of rotatable bonds is 0. The molecule has 0 aromatic carbocycles. The van der Waals surface area contributed by atoms with E-state index in [9.17, 15) is 0 Å². The second-order valence-corrected chi connectivity index (χ2v) is 5.34. The molecule has 2 atom stereocenters. The van der Waals surface area contributed by atoms with Crippen LogP contribution in [0.3, 0.4) is 0 Å². The third kappa shape index (κ3) is 1.34. The highest BCUT2D eigenvalue weighted by Gasteiger charge is 2.37. The van der Waals surface area contributed by atoms with Gasteiger partial charge in [-0.2, -0.15) is 0 Å². The summed E-state index contributed by atoms with van der Waals surface area (Å²) in [6.45, 7) is 5.86. The minimum absolute atomic E-state index is 0.544. The molecule has 4 rings (SSSR count). The Hall–Kier alpha value is -1.13. The fourth-order valence-electron chi connectivity index (χ4n) is 3.33. The molecule has 0 aliphatic carbocycles. The van der Waals surface area contributed by atoms with Crippen molar-refractivity contribution in [3.8, 4) is 0 Å². The van der Waals surface area contributed by atoms with Crippen LogP contribution in [-0.2, 0) is 24.4 Å². The SMILES string of the molecule is C[C@H]1CNC[C@H]2Cc3cc4c(nc3N21)COC4. The molecule has 4 nitrogen and oxygen atoms in total. The van der Waals surface area contributed by atoms with E-state index in [2.05, 4.69) is 23.2 Å². The number of hydrogen-bond acceptors (Lipinski definition) is 4. The van der Waals surface area contributed by atoms with E-state index < -0.39 is 0 Å². The van der Waals surface area contributed by atoms with E-state index in [-0.39, 0.29) is 0 Å². The lowest BCUT2D eigenvalue weighted by Crippen LogP contribution is -2.55. The zero-order chi connectivity index (χ0) is 11.4. The van der Waals surface area contributed by atoms with Crippen LogP contribution in [0.5, 0.6) is 0 Å². The number of aromatic nitrogens is 1. The highest BCUT2D eigenvalue weighted by molar-refractivity contribution is 5.57. The molecule has 0 unspecified atom stereocenters. The summed E-state index contributed by atoms with van der Waals surface area (Å²) in [6.07, 6.45) is 1.13. The summed E-state index contributed by atoms with van der Waals surface area (Å²) in [7, 11) is 0. The van der Waals surface area contributed by atoms with Gasteiger partial charge in [0.25, 0.3) is 0 Å². The van der Waals surface area contributed by atoms with E-state index in [0.29, 0.717) is 18.7 Å². The van der Waals surface area contributed by atoms with E-state index in [1.807, 2.05) is 0 Å². The van der Waals surface area contributed by atoms with E-state index in [1.54, 1.807) is 0 Å². The maximum absolute atomic E-state index is 5.46. The van der Waals surface area contributed by atoms with Gasteiger partial charge in [-0.25, -0.2) is 4.98 Å². The van der Waals surface area contributed by atoms with Gasteiger partial charge in [-0.15, -0.1) is 0 Å². The van der Waals surface area contributed by atoms with Gasteiger partial charge >= 0.3 is 0 Å².